The third-order valence-electron chi connectivity index (χ3n) is 5.20. The summed E-state index contributed by atoms with van der Waals surface area (Å²) in [4.78, 5) is 23.9. The van der Waals surface area contributed by atoms with Gasteiger partial charge in [-0.2, -0.15) is 5.10 Å². The van der Waals surface area contributed by atoms with E-state index in [0.29, 0.717) is 11.5 Å². The molecular weight excluding hydrogens is 350 g/mol. The Balaban J connectivity index is 1.26. The fourth-order valence-electron chi connectivity index (χ4n) is 3.36. The van der Waals surface area contributed by atoms with Crippen LogP contribution in [0.25, 0.3) is 0 Å². The van der Waals surface area contributed by atoms with Gasteiger partial charge in [0.1, 0.15) is 12.4 Å². The number of ether oxygens (including phenoxy) is 1. The molecule has 0 radical (unpaired) electrons. The molecule has 2 saturated carbocycles. The summed E-state index contributed by atoms with van der Waals surface area (Å²) >= 11 is 0. The predicted octanol–water partition coefficient (Wildman–Crippen LogP) is 2.49. The molecule has 2 atom stereocenters. The first-order valence-corrected chi connectivity index (χ1v) is 9.22. The highest BCUT2D eigenvalue weighted by atomic mass is 16.6. The van der Waals surface area contributed by atoms with Gasteiger partial charge < -0.3 is 19.9 Å². The number of aromatic nitrogens is 3. The molecule has 144 valence electrons. The van der Waals surface area contributed by atoms with E-state index in [0.717, 1.165) is 37.8 Å². The molecule has 0 aromatic carbocycles. The number of rotatable bonds is 6. The first kappa shape index (κ1) is 17.6. The zero-order valence-corrected chi connectivity index (χ0v) is 15.2. The van der Waals surface area contributed by atoms with Crippen molar-refractivity contribution < 1.29 is 18.8 Å². The van der Waals surface area contributed by atoms with E-state index < -0.39 is 0 Å². The summed E-state index contributed by atoms with van der Waals surface area (Å²) in [6.45, 7) is 2.02. The van der Waals surface area contributed by atoms with Crippen molar-refractivity contribution in [3.63, 3.8) is 0 Å². The maximum atomic E-state index is 12.0. The summed E-state index contributed by atoms with van der Waals surface area (Å²) in [5.74, 6) is 0.495. The Morgan fingerprint density at radius 3 is 3.00 bits per heavy atom. The van der Waals surface area contributed by atoms with Crippen LogP contribution in [0.1, 0.15) is 56.3 Å². The van der Waals surface area contributed by atoms with Gasteiger partial charge in [-0.15, -0.1) is 0 Å². The fourth-order valence-corrected chi connectivity index (χ4v) is 3.36. The van der Waals surface area contributed by atoms with Crippen molar-refractivity contribution in [3.05, 3.63) is 29.8 Å². The van der Waals surface area contributed by atoms with E-state index in [1.54, 1.807) is 6.07 Å². The van der Waals surface area contributed by atoms with E-state index in [4.69, 9.17) is 9.26 Å². The Morgan fingerprint density at radius 1 is 1.41 bits per heavy atom. The molecule has 9 nitrogen and oxygen atoms in total. The first-order valence-electron chi connectivity index (χ1n) is 9.22. The topological polar surface area (TPSA) is 122 Å². The third-order valence-corrected chi connectivity index (χ3v) is 5.20. The molecule has 4 rings (SSSR count). The second-order valence-corrected chi connectivity index (χ2v) is 7.65. The SMILES string of the molecule is CC1(NC(=O)O[C@@H]2CC[C@H](c3cc(NC(=O)Cc4ccon4)n[nH]3)C2)CC1. The Bertz CT molecular complexity index is 812. The minimum Gasteiger partial charge on any atom is -0.446 e. The van der Waals surface area contributed by atoms with Crippen molar-refractivity contribution in [1.29, 1.82) is 0 Å². The summed E-state index contributed by atoms with van der Waals surface area (Å²) in [6.07, 6.45) is 5.63. The molecule has 2 fully saturated rings. The molecule has 2 aromatic heterocycles. The molecule has 0 unspecified atom stereocenters. The number of carbonyl (C=O) groups excluding carboxylic acids is 2. The van der Waals surface area contributed by atoms with Crippen LogP contribution in [0, 0.1) is 0 Å². The third kappa shape index (κ3) is 4.47. The van der Waals surface area contributed by atoms with Crippen LogP contribution in [-0.4, -0.2) is 39.0 Å². The number of nitrogens with one attached hydrogen (secondary N) is 3. The van der Waals surface area contributed by atoms with Crippen LogP contribution >= 0.6 is 0 Å². The Kier molecular flexibility index (Phi) is 4.59. The molecule has 0 bridgehead atoms. The second-order valence-electron chi connectivity index (χ2n) is 7.65. The normalized spacial score (nSPS) is 23.0. The number of H-pyrrole nitrogens is 1. The largest absolute Gasteiger partial charge is 0.446 e. The first-order chi connectivity index (χ1) is 13.0. The van der Waals surface area contributed by atoms with Crippen molar-refractivity contribution >= 4 is 17.8 Å². The highest BCUT2D eigenvalue weighted by Crippen LogP contribution is 2.37. The number of aromatic amines is 1. The second kappa shape index (κ2) is 7.05. The van der Waals surface area contributed by atoms with Gasteiger partial charge in [-0.05, 0) is 39.0 Å². The fraction of sp³-hybridized carbons (Fsp3) is 0.556. The quantitative estimate of drug-likeness (QED) is 0.715. The monoisotopic (exact) mass is 373 g/mol. The van der Waals surface area contributed by atoms with E-state index in [9.17, 15) is 9.59 Å². The Hall–Kier alpha value is -2.84. The molecule has 2 amide bonds. The van der Waals surface area contributed by atoms with Gasteiger partial charge in [-0.1, -0.05) is 5.16 Å². The highest BCUT2D eigenvalue weighted by molar-refractivity contribution is 5.91. The minimum absolute atomic E-state index is 0.0719. The van der Waals surface area contributed by atoms with Gasteiger partial charge in [0.2, 0.25) is 5.91 Å². The molecule has 9 heteroatoms. The van der Waals surface area contributed by atoms with Gasteiger partial charge in [0.25, 0.3) is 0 Å². The Labute approximate surface area is 156 Å². The minimum atomic E-state index is -0.328. The lowest BCUT2D eigenvalue weighted by atomic mass is 10.0. The zero-order chi connectivity index (χ0) is 18.9. The van der Waals surface area contributed by atoms with Crippen molar-refractivity contribution in [2.75, 3.05) is 5.32 Å². The van der Waals surface area contributed by atoms with Crippen LogP contribution in [0.15, 0.2) is 22.9 Å². The van der Waals surface area contributed by atoms with Crippen molar-refractivity contribution in [2.24, 2.45) is 0 Å². The van der Waals surface area contributed by atoms with Crippen LogP contribution in [0.4, 0.5) is 10.6 Å². The number of hydrogen-bond acceptors (Lipinski definition) is 6. The summed E-state index contributed by atoms with van der Waals surface area (Å²) in [7, 11) is 0. The maximum absolute atomic E-state index is 12.0. The highest BCUT2D eigenvalue weighted by Gasteiger charge is 2.40. The van der Waals surface area contributed by atoms with Gasteiger partial charge in [0, 0.05) is 29.3 Å². The maximum Gasteiger partial charge on any atom is 0.407 e. The number of nitrogens with zero attached hydrogens (tertiary/aromatic N) is 2. The molecule has 0 aliphatic heterocycles. The van der Waals surface area contributed by atoms with Crippen molar-refractivity contribution in [3.8, 4) is 0 Å². The molecule has 2 aliphatic rings. The summed E-state index contributed by atoms with van der Waals surface area (Å²) in [6, 6.07) is 3.48. The van der Waals surface area contributed by atoms with Gasteiger partial charge >= 0.3 is 6.09 Å². The molecule has 2 aliphatic carbocycles. The Morgan fingerprint density at radius 2 is 2.26 bits per heavy atom. The predicted molar refractivity (Wildman–Crippen MR) is 95.1 cm³/mol. The lowest BCUT2D eigenvalue weighted by Gasteiger charge is -2.16. The number of alkyl carbamates (subject to hydrolysis) is 1. The van der Waals surface area contributed by atoms with E-state index in [2.05, 4.69) is 26.0 Å². The van der Waals surface area contributed by atoms with Gasteiger partial charge in [-0.3, -0.25) is 9.89 Å². The lowest BCUT2D eigenvalue weighted by Crippen LogP contribution is -2.36. The zero-order valence-electron chi connectivity index (χ0n) is 15.2. The van der Waals surface area contributed by atoms with E-state index in [-0.39, 0.29) is 36.0 Å². The van der Waals surface area contributed by atoms with Gasteiger partial charge in [0.05, 0.1) is 12.1 Å². The number of hydrogen-bond donors (Lipinski definition) is 3. The number of carbonyl (C=O) groups is 2. The average molecular weight is 373 g/mol. The summed E-state index contributed by atoms with van der Waals surface area (Å²) in [5, 5.41) is 16.5. The molecule has 2 aromatic rings. The molecule has 3 N–H and O–H groups in total. The average Bonchev–Trinajstić information content (AvgIpc) is 3.10. The number of amides is 2. The van der Waals surface area contributed by atoms with Crippen LogP contribution in [0.5, 0.6) is 0 Å². The van der Waals surface area contributed by atoms with E-state index >= 15 is 0 Å². The van der Waals surface area contributed by atoms with E-state index in [1.165, 1.54) is 6.26 Å². The van der Waals surface area contributed by atoms with Crippen LogP contribution in [-0.2, 0) is 16.0 Å². The number of anilines is 1. The molecule has 2 heterocycles. The summed E-state index contributed by atoms with van der Waals surface area (Å²) < 4.78 is 10.3. The molecular formula is C18H23N5O4. The van der Waals surface area contributed by atoms with Crippen molar-refractivity contribution in [1.82, 2.24) is 20.7 Å². The molecule has 0 spiro atoms. The summed E-state index contributed by atoms with van der Waals surface area (Å²) in [5.41, 5.74) is 1.43. The smallest absolute Gasteiger partial charge is 0.407 e. The molecule has 27 heavy (non-hydrogen) atoms. The van der Waals surface area contributed by atoms with Crippen molar-refractivity contribution in [2.45, 2.75) is 63.0 Å². The van der Waals surface area contributed by atoms with Gasteiger partial charge in [-0.25, -0.2) is 4.79 Å². The van der Waals surface area contributed by atoms with Gasteiger partial charge in [0.15, 0.2) is 5.82 Å². The standard InChI is InChI=1S/C18H23N5O4/c1-18(5-6-18)20-17(25)27-13-3-2-11(8-13)14-10-15(22-21-14)19-16(24)9-12-4-7-26-23-12/h4,7,10-11,13H,2-3,5-6,8-9H2,1H3,(H,20,25)(H2,19,21,22,24)/t11-,13+/m0/s1. The van der Waals surface area contributed by atoms with Crippen LogP contribution in [0.2, 0.25) is 0 Å². The lowest BCUT2D eigenvalue weighted by molar-refractivity contribution is -0.115. The molecule has 0 saturated heterocycles. The van der Waals surface area contributed by atoms with E-state index in [1.807, 2.05) is 13.0 Å². The van der Waals surface area contributed by atoms with Crippen LogP contribution < -0.4 is 10.6 Å². The van der Waals surface area contributed by atoms with Crippen LogP contribution in [0.3, 0.4) is 0 Å².